The van der Waals surface area contributed by atoms with Crippen LogP contribution >= 0.6 is 0 Å². The SMILES string of the molecule is Cc1oc(COc2ccc(F)c(F)c2)cc1C(=O)O. The van der Waals surface area contributed by atoms with Gasteiger partial charge in [-0.15, -0.1) is 0 Å². The number of ether oxygens (including phenoxy) is 1. The minimum absolute atomic E-state index is 0.0453. The van der Waals surface area contributed by atoms with Crippen molar-refractivity contribution >= 4 is 5.97 Å². The van der Waals surface area contributed by atoms with Crippen LogP contribution in [0.4, 0.5) is 8.78 Å². The number of halogens is 2. The van der Waals surface area contributed by atoms with Crippen LogP contribution in [0.2, 0.25) is 0 Å². The maximum Gasteiger partial charge on any atom is 0.339 e. The number of hydrogen-bond acceptors (Lipinski definition) is 3. The molecule has 4 nitrogen and oxygen atoms in total. The van der Waals surface area contributed by atoms with E-state index in [-0.39, 0.29) is 23.7 Å². The molecular weight excluding hydrogens is 258 g/mol. The molecule has 0 amide bonds. The van der Waals surface area contributed by atoms with E-state index in [1.807, 2.05) is 0 Å². The zero-order valence-electron chi connectivity index (χ0n) is 9.94. The van der Waals surface area contributed by atoms with Gasteiger partial charge in [-0.2, -0.15) is 0 Å². The van der Waals surface area contributed by atoms with Gasteiger partial charge in [0, 0.05) is 6.07 Å². The van der Waals surface area contributed by atoms with Crippen LogP contribution < -0.4 is 4.74 Å². The molecule has 0 saturated carbocycles. The van der Waals surface area contributed by atoms with E-state index in [4.69, 9.17) is 14.3 Å². The second-order valence-corrected chi connectivity index (χ2v) is 3.85. The lowest BCUT2D eigenvalue weighted by atomic mass is 10.2. The summed E-state index contributed by atoms with van der Waals surface area (Å²) < 4.78 is 36.0. The Morgan fingerprint density at radius 3 is 2.63 bits per heavy atom. The Kier molecular flexibility index (Phi) is 3.50. The average Bonchev–Trinajstić information content (AvgIpc) is 2.72. The van der Waals surface area contributed by atoms with Crippen molar-refractivity contribution in [3.63, 3.8) is 0 Å². The van der Waals surface area contributed by atoms with Gasteiger partial charge in [0.25, 0.3) is 0 Å². The molecule has 0 aliphatic rings. The van der Waals surface area contributed by atoms with Crippen LogP contribution in [-0.4, -0.2) is 11.1 Å². The van der Waals surface area contributed by atoms with E-state index in [0.29, 0.717) is 5.76 Å². The first-order chi connectivity index (χ1) is 8.97. The molecule has 0 saturated heterocycles. The van der Waals surface area contributed by atoms with Crippen molar-refractivity contribution in [2.45, 2.75) is 13.5 Å². The monoisotopic (exact) mass is 268 g/mol. The van der Waals surface area contributed by atoms with Crippen LogP contribution in [0.15, 0.2) is 28.7 Å². The molecule has 0 spiro atoms. The zero-order chi connectivity index (χ0) is 14.0. The highest BCUT2D eigenvalue weighted by Gasteiger charge is 2.14. The van der Waals surface area contributed by atoms with Gasteiger partial charge in [0.05, 0.1) is 0 Å². The summed E-state index contributed by atoms with van der Waals surface area (Å²) in [6.45, 7) is 1.45. The minimum atomic E-state index is -1.10. The van der Waals surface area contributed by atoms with E-state index in [9.17, 15) is 13.6 Å². The number of aryl methyl sites for hydroxylation is 1. The van der Waals surface area contributed by atoms with E-state index >= 15 is 0 Å². The van der Waals surface area contributed by atoms with Crippen LogP contribution in [0, 0.1) is 18.6 Å². The van der Waals surface area contributed by atoms with Gasteiger partial charge in [0.15, 0.2) is 11.6 Å². The van der Waals surface area contributed by atoms with Crippen LogP contribution in [-0.2, 0) is 6.61 Å². The van der Waals surface area contributed by atoms with Crippen LogP contribution in [0.3, 0.4) is 0 Å². The number of furan rings is 1. The Bertz CT molecular complexity index is 619. The second-order valence-electron chi connectivity index (χ2n) is 3.85. The lowest BCUT2D eigenvalue weighted by Gasteiger charge is -2.04. The highest BCUT2D eigenvalue weighted by atomic mass is 19.2. The highest BCUT2D eigenvalue weighted by molar-refractivity contribution is 5.88. The maximum atomic E-state index is 12.9. The summed E-state index contributed by atoms with van der Waals surface area (Å²) in [5.74, 6) is -2.39. The first kappa shape index (κ1) is 13.1. The number of carbonyl (C=O) groups is 1. The normalized spacial score (nSPS) is 10.5. The molecule has 2 aromatic rings. The van der Waals surface area contributed by atoms with Crippen LogP contribution in [0.1, 0.15) is 21.9 Å². The summed E-state index contributed by atoms with van der Waals surface area (Å²) in [5, 5.41) is 8.84. The fraction of sp³-hybridized carbons (Fsp3) is 0.154. The van der Waals surface area contributed by atoms with Gasteiger partial charge in [-0.25, -0.2) is 13.6 Å². The van der Waals surface area contributed by atoms with Crippen molar-refractivity contribution in [2.24, 2.45) is 0 Å². The van der Waals surface area contributed by atoms with Gasteiger partial charge in [-0.1, -0.05) is 0 Å². The number of benzene rings is 1. The van der Waals surface area contributed by atoms with Gasteiger partial charge in [0.1, 0.15) is 29.4 Å². The van der Waals surface area contributed by atoms with Crippen molar-refractivity contribution < 1.29 is 27.8 Å². The number of carboxylic acids is 1. The molecule has 0 unspecified atom stereocenters. The summed E-state index contributed by atoms with van der Waals surface area (Å²) in [7, 11) is 0. The maximum absolute atomic E-state index is 12.9. The molecule has 0 aliphatic heterocycles. The predicted octanol–water partition coefficient (Wildman–Crippen LogP) is 3.14. The quantitative estimate of drug-likeness (QED) is 0.925. The molecule has 0 aliphatic carbocycles. The first-order valence-electron chi connectivity index (χ1n) is 5.38. The van der Waals surface area contributed by atoms with E-state index in [1.54, 1.807) is 0 Å². The van der Waals surface area contributed by atoms with Crippen molar-refractivity contribution in [2.75, 3.05) is 0 Å². The van der Waals surface area contributed by atoms with Crippen molar-refractivity contribution in [1.29, 1.82) is 0 Å². The van der Waals surface area contributed by atoms with Gasteiger partial charge >= 0.3 is 5.97 Å². The molecule has 0 fully saturated rings. The smallest absolute Gasteiger partial charge is 0.339 e. The van der Waals surface area contributed by atoms with E-state index in [0.717, 1.165) is 12.1 Å². The third kappa shape index (κ3) is 2.90. The van der Waals surface area contributed by atoms with Crippen molar-refractivity contribution in [3.8, 4) is 5.75 Å². The fourth-order valence-electron chi connectivity index (χ4n) is 1.55. The first-order valence-corrected chi connectivity index (χ1v) is 5.38. The highest BCUT2D eigenvalue weighted by Crippen LogP contribution is 2.19. The van der Waals surface area contributed by atoms with E-state index in [1.165, 1.54) is 19.1 Å². The van der Waals surface area contributed by atoms with E-state index in [2.05, 4.69) is 0 Å². The van der Waals surface area contributed by atoms with Crippen LogP contribution in [0.5, 0.6) is 5.75 Å². The molecule has 2 rings (SSSR count). The summed E-state index contributed by atoms with van der Waals surface area (Å²) >= 11 is 0. The predicted molar refractivity (Wildman–Crippen MR) is 61.1 cm³/mol. The summed E-state index contributed by atoms with van der Waals surface area (Å²) in [6, 6.07) is 4.45. The summed E-state index contributed by atoms with van der Waals surface area (Å²) in [6.07, 6.45) is 0. The Hall–Kier alpha value is -2.37. The molecule has 100 valence electrons. The van der Waals surface area contributed by atoms with Gasteiger partial charge in [0.2, 0.25) is 0 Å². The lowest BCUT2D eigenvalue weighted by Crippen LogP contribution is -1.96. The van der Waals surface area contributed by atoms with Gasteiger partial charge < -0.3 is 14.3 Å². The fourth-order valence-corrected chi connectivity index (χ4v) is 1.55. The Morgan fingerprint density at radius 1 is 1.32 bits per heavy atom. The molecule has 1 N–H and O–H groups in total. The van der Waals surface area contributed by atoms with Gasteiger partial charge in [-0.05, 0) is 25.1 Å². The Labute approximate surface area is 107 Å². The Balaban J connectivity index is 2.08. The number of aromatic carboxylic acids is 1. The van der Waals surface area contributed by atoms with Crippen LogP contribution in [0.25, 0.3) is 0 Å². The summed E-state index contributed by atoms with van der Waals surface area (Å²) in [4.78, 5) is 10.8. The number of hydrogen-bond donors (Lipinski definition) is 1. The van der Waals surface area contributed by atoms with Crippen molar-refractivity contribution in [1.82, 2.24) is 0 Å². The average molecular weight is 268 g/mol. The lowest BCUT2D eigenvalue weighted by molar-refractivity contribution is 0.0695. The van der Waals surface area contributed by atoms with Crippen molar-refractivity contribution in [3.05, 3.63) is 53.0 Å². The van der Waals surface area contributed by atoms with Gasteiger partial charge in [-0.3, -0.25) is 0 Å². The standard InChI is InChI=1S/C13H10F2O4/c1-7-10(13(16)17)4-9(19-7)6-18-8-2-3-11(14)12(15)5-8/h2-5H,6H2,1H3,(H,16,17). The third-order valence-electron chi connectivity index (χ3n) is 2.47. The molecule has 0 bridgehead atoms. The second kappa shape index (κ2) is 5.09. The molecule has 19 heavy (non-hydrogen) atoms. The molecular formula is C13H10F2O4. The zero-order valence-corrected chi connectivity index (χ0v) is 9.94. The summed E-state index contributed by atoms with van der Waals surface area (Å²) in [5.41, 5.74) is 0.0453. The molecule has 6 heteroatoms. The molecule has 1 aromatic carbocycles. The molecule has 1 aromatic heterocycles. The molecule has 0 radical (unpaired) electrons. The Morgan fingerprint density at radius 2 is 2.05 bits per heavy atom. The third-order valence-corrected chi connectivity index (χ3v) is 2.47. The number of carboxylic acid groups (broad SMARTS) is 1. The van der Waals surface area contributed by atoms with E-state index < -0.39 is 17.6 Å². The molecule has 0 atom stereocenters. The minimum Gasteiger partial charge on any atom is -0.486 e. The molecule has 1 heterocycles. The number of rotatable bonds is 4. The topological polar surface area (TPSA) is 59.7 Å². The largest absolute Gasteiger partial charge is 0.486 e.